The fraction of sp³-hybridized carbons (Fsp3) is 0.370. The zero-order valence-corrected chi connectivity index (χ0v) is 22.9. The molecule has 37 heavy (non-hydrogen) atoms. The molecule has 2 N–H and O–H groups in total. The third kappa shape index (κ3) is 4.96. The van der Waals surface area contributed by atoms with Crippen molar-refractivity contribution in [3.05, 3.63) is 77.3 Å². The van der Waals surface area contributed by atoms with Crippen molar-refractivity contribution in [2.45, 2.75) is 47.6 Å². The van der Waals surface area contributed by atoms with E-state index >= 15 is 0 Å². The summed E-state index contributed by atoms with van der Waals surface area (Å²) in [5, 5.41) is 11.1. The van der Waals surface area contributed by atoms with Crippen LogP contribution in [0.2, 0.25) is 5.02 Å². The first-order valence-corrected chi connectivity index (χ1v) is 14.8. The number of thiophene rings is 1. The van der Waals surface area contributed by atoms with Crippen LogP contribution in [0.5, 0.6) is 0 Å². The largest absolute Gasteiger partial charge is 0.480 e. The lowest BCUT2D eigenvalue weighted by Gasteiger charge is -2.38. The third-order valence-electron chi connectivity index (χ3n) is 7.22. The summed E-state index contributed by atoms with van der Waals surface area (Å²) in [6.45, 7) is 5.69. The lowest BCUT2D eigenvalue weighted by Crippen LogP contribution is -2.54. The van der Waals surface area contributed by atoms with Crippen molar-refractivity contribution in [3.8, 4) is 10.4 Å². The van der Waals surface area contributed by atoms with Gasteiger partial charge >= 0.3 is 5.97 Å². The van der Waals surface area contributed by atoms with E-state index in [9.17, 15) is 18.3 Å². The molecule has 0 radical (unpaired) electrons. The molecule has 1 aliphatic heterocycles. The standard InChI is InChI=1S/C27H29ClN2O5S2/c1-18-14-30(15-19(2)35-18)17-26(21-6-4-3-5-7-21)16-27(26,25(31)32)29-37(33,34)24-13-12-23(36-24)20-8-10-22(28)11-9-20/h3-13,18-19,29H,14-17H2,1-2H3,(H,31,32)/t18-,19+,26?,27?. The van der Waals surface area contributed by atoms with Gasteiger partial charge in [-0.3, -0.25) is 9.69 Å². The predicted octanol–water partition coefficient (Wildman–Crippen LogP) is 4.62. The first-order valence-electron chi connectivity index (χ1n) is 12.1. The molecule has 196 valence electrons. The molecule has 0 spiro atoms. The van der Waals surface area contributed by atoms with Crippen LogP contribution in [0.4, 0.5) is 0 Å². The van der Waals surface area contributed by atoms with Gasteiger partial charge in [0, 0.05) is 34.9 Å². The smallest absolute Gasteiger partial charge is 0.325 e. The number of hydrogen-bond donors (Lipinski definition) is 2. The van der Waals surface area contributed by atoms with E-state index in [2.05, 4.69) is 9.62 Å². The second-order valence-electron chi connectivity index (χ2n) is 10.0. The molecule has 4 atom stereocenters. The van der Waals surface area contributed by atoms with Crippen molar-refractivity contribution in [1.29, 1.82) is 0 Å². The summed E-state index contributed by atoms with van der Waals surface area (Å²) in [5.41, 5.74) is -0.938. The second-order valence-corrected chi connectivity index (χ2v) is 13.4. The summed E-state index contributed by atoms with van der Waals surface area (Å²) in [7, 11) is -4.12. The van der Waals surface area contributed by atoms with Crippen LogP contribution in [-0.2, 0) is 25.0 Å². The van der Waals surface area contributed by atoms with E-state index in [-0.39, 0.29) is 22.8 Å². The zero-order chi connectivity index (χ0) is 26.4. The Morgan fingerprint density at radius 1 is 1.08 bits per heavy atom. The molecule has 0 amide bonds. The highest BCUT2D eigenvalue weighted by Gasteiger charge is 2.75. The average Bonchev–Trinajstić information content (AvgIpc) is 3.21. The number of nitrogens with zero attached hydrogens (tertiary/aromatic N) is 1. The van der Waals surface area contributed by atoms with Crippen LogP contribution in [0.25, 0.3) is 10.4 Å². The Hall–Kier alpha value is -2.27. The Balaban J connectivity index is 1.48. The quantitative estimate of drug-likeness (QED) is 0.417. The van der Waals surface area contributed by atoms with Crippen LogP contribution in [0.15, 0.2) is 70.9 Å². The van der Waals surface area contributed by atoms with E-state index in [1.165, 1.54) is 6.07 Å². The Bertz CT molecular complexity index is 1390. The highest BCUT2D eigenvalue weighted by molar-refractivity contribution is 7.91. The van der Waals surface area contributed by atoms with Crippen LogP contribution in [-0.4, -0.2) is 61.8 Å². The molecule has 7 nitrogen and oxygen atoms in total. The highest BCUT2D eigenvalue weighted by Crippen LogP contribution is 2.59. The van der Waals surface area contributed by atoms with Gasteiger partial charge in [-0.15, -0.1) is 11.3 Å². The average molecular weight is 561 g/mol. The van der Waals surface area contributed by atoms with Crippen LogP contribution in [0, 0.1) is 0 Å². The van der Waals surface area contributed by atoms with Gasteiger partial charge in [-0.25, -0.2) is 8.42 Å². The fourth-order valence-electron chi connectivity index (χ4n) is 5.56. The second kappa shape index (κ2) is 9.80. The van der Waals surface area contributed by atoms with Gasteiger partial charge in [0.2, 0.25) is 0 Å². The number of morpholine rings is 1. The number of benzene rings is 2. The molecular weight excluding hydrogens is 532 g/mol. The molecule has 0 bridgehead atoms. The molecule has 3 aromatic rings. The van der Waals surface area contributed by atoms with Crippen molar-refractivity contribution < 1.29 is 23.1 Å². The Morgan fingerprint density at radius 2 is 1.73 bits per heavy atom. The first-order chi connectivity index (χ1) is 17.5. The Kier molecular flexibility index (Phi) is 6.97. The number of hydrogen-bond acceptors (Lipinski definition) is 6. The molecule has 1 aromatic heterocycles. The lowest BCUT2D eigenvalue weighted by molar-refractivity contribution is -0.141. The van der Waals surface area contributed by atoms with Crippen molar-refractivity contribution >= 4 is 38.9 Å². The molecule has 2 aliphatic rings. The molecule has 2 unspecified atom stereocenters. The fourth-order valence-corrected chi connectivity index (χ4v) is 8.43. The van der Waals surface area contributed by atoms with E-state index in [0.717, 1.165) is 27.3 Å². The molecular formula is C27H29ClN2O5S2. The molecule has 1 aliphatic carbocycles. The molecule has 1 saturated carbocycles. The van der Waals surface area contributed by atoms with Gasteiger partial charge in [-0.05, 0) is 55.7 Å². The maximum Gasteiger partial charge on any atom is 0.325 e. The maximum absolute atomic E-state index is 13.6. The monoisotopic (exact) mass is 560 g/mol. The summed E-state index contributed by atoms with van der Waals surface area (Å²) < 4.78 is 35.7. The first kappa shape index (κ1) is 26.3. The van der Waals surface area contributed by atoms with Gasteiger partial charge in [-0.1, -0.05) is 54.1 Å². The van der Waals surface area contributed by atoms with Crippen LogP contribution in [0.1, 0.15) is 25.8 Å². The zero-order valence-electron chi connectivity index (χ0n) is 20.6. The van der Waals surface area contributed by atoms with E-state index in [1.54, 1.807) is 18.2 Å². The van der Waals surface area contributed by atoms with E-state index in [1.807, 2.05) is 56.3 Å². The third-order valence-corrected chi connectivity index (χ3v) is 10.6. The van der Waals surface area contributed by atoms with Crippen LogP contribution in [0.3, 0.4) is 0 Å². The number of carboxylic acids is 1. The molecule has 2 fully saturated rings. The number of carboxylic acid groups (broad SMARTS) is 1. The molecule has 1 saturated heterocycles. The number of carbonyl (C=O) groups is 1. The van der Waals surface area contributed by atoms with Gasteiger partial charge in [-0.2, -0.15) is 4.72 Å². The highest BCUT2D eigenvalue weighted by atomic mass is 35.5. The van der Waals surface area contributed by atoms with Gasteiger partial charge < -0.3 is 9.84 Å². The van der Waals surface area contributed by atoms with E-state index in [0.29, 0.717) is 24.7 Å². The van der Waals surface area contributed by atoms with Crippen molar-refractivity contribution in [2.24, 2.45) is 0 Å². The minimum Gasteiger partial charge on any atom is -0.480 e. The molecule has 5 rings (SSSR count). The number of nitrogens with one attached hydrogen (secondary N) is 1. The molecule has 10 heteroatoms. The molecule has 2 aromatic carbocycles. The summed E-state index contributed by atoms with van der Waals surface area (Å²) in [6, 6.07) is 19.7. The van der Waals surface area contributed by atoms with Crippen LogP contribution >= 0.6 is 22.9 Å². The van der Waals surface area contributed by atoms with Gasteiger partial charge in [0.05, 0.1) is 12.2 Å². The predicted molar refractivity (Wildman–Crippen MR) is 145 cm³/mol. The summed E-state index contributed by atoms with van der Waals surface area (Å²) >= 11 is 7.08. The van der Waals surface area contributed by atoms with E-state index in [4.69, 9.17) is 16.3 Å². The lowest BCUT2D eigenvalue weighted by atomic mass is 9.89. The summed E-state index contributed by atoms with van der Waals surface area (Å²) in [4.78, 5) is 15.8. The topological polar surface area (TPSA) is 95.9 Å². The molecule has 2 heterocycles. The number of halogens is 1. The van der Waals surface area contributed by atoms with Gasteiger partial charge in [0.15, 0.2) is 0 Å². The van der Waals surface area contributed by atoms with E-state index < -0.39 is 26.9 Å². The van der Waals surface area contributed by atoms with Crippen LogP contribution < -0.4 is 4.72 Å². The minimum absolute atomic E-state index is 0.00338. The SMILES string of the molecule is C[C@@H]1CN(CC2(c3ccccc3)CC2(NS(=O)(=O)c2ccc(-c3ccc(Cl)cc3)s2)C(=O)O)C[C@H](C)O1. The van der Waals surface area contributed by atoms with Crippen molar-refractivity contribution in [2.75, 3.05) is 19.6 Å². The van der Waals surface area contributed by atoms with Crippen molar-refractivity contribution in [3.63, 3.8) is 0 Å². The Morgan fingerprint density at radius 3 is 2.35 bits per heavy atom. The normalized spacial score (nSPS) is 28.2. The summed E-state index contributed by atoms with van der Waals surface area (Å²) in [6.07, 6.45) is 0.168. The van der Waals surface area contributed by atoms with Gasteiger partial charge in [0.1, 0.15) is 9.75 Å². The number of rotatable bonds is 8. The number of aliphatic carboxylic acids is 1. The maximum atomic E-state index is 13.6. The minimum atomic E-state index is -4.12. The van der Waals surface area contributed by atoms with Gasteiger partial charge in [0.25, 0.3) is 10.0 Å². The number of ether oxygens (including phenoxy) is 1. The number of sulfonamides is 1. The van der Waals surface area contributed by atoms with Crippen molar-refractivity contribution in [1.82, 2.24) is 9.62 Å². The summed E-state index contributed by atoms with van der Waals surface area (Å²) in [5.74, 6) is -1.18. The Labute approximate surface area is 226 Å².